The first kappa shape index (κ1) is 15.6. The van der Waals surface area contributed by atoms with Gasteiger partial charge in [0.15, 0.2) is 0 Å². The van der Waals surface area contributed by atoms with Crippen LogP contribution >= 0.6 is 11.6 Å². The van der Waals surface area contributed by atoms with Gasteiger partial charge in [-0.1, -0.05) is 38.4 Å². The highest BCUT2D eigenvalue weighted by molar-refractivity contribution is 6.30. The largest absolute Gasteiger partial charge is 0.369 e. The van der Waals surface area contributed by atoms with Gasteiger partial charge >= 0.3 is 0 Å². The summed E-state index contributed by atoms with van der Waals surface area (Å²) in [6, 6.07) is 6.75. The number of rotatable bonds is 5. The monoisotopic (exact) mass is 295 g/mol. The molecular weight excluding hydrogens is 270 g/mol. The molecule has 0 atom stereocenters. The molecule has 0 unspecified atom stereocenters. The van der Waals surface area contributed by atoms with Crippen LogP contribution in [0.5, 0.6) is 0 Å². The van der Waals surface area contributed by atoms with Crippen LogP contribution in [0.4, 0.5) is 5.69 Å². The van der Waals surface area contributed by atoms with E-state index in [2.05, 4.69) is 48.0 Å². The third kappa shape index (κ3) is 4.11. The maximum absolute atomic E-state index is 6.20. The molecule has 1 saturated heterocycles. The van der Waals surface area contributed by atoms with E-state index in [0.29, 0.717) is 6.04 Å². The molecule has 0 bridgehead atoms. The molecule has 0 radical (unpaired) electrons. The smallest absolute Gasteiger partial charge is 0.0427 e. The van der Waals surface area contributed by atoms with Crippen LogP contribution in [0.1, 0.15) is 26.3 Å². The van der Waals surface area contributed by atoms with E-state index in [-0.39, 0.29) is 0 Å². The zero-order chi connectivity index (χ0) is 14.5. The lowest BCUT2D eigenvalue weighted by atomic mass is 10.1. The van der Waals surface area contributed by atoms with Gasteiger partial charge < -0.3 is 15.1 Å². The minimum absolute atomic E-state index is 0.496. The second-order valence-electron chi connectivity index (χ2n) is 5.73. The highest BCUT2D eigenvalue weighted by atomic mass is 35.5. The summed E-state index contributed by atoms with van der Waals surface area (Å²) in [5, 5.41) is 4.33. The Morgan fingerprint density at radius 2 is 1.90 bits per heavy atom. The molecule has 1 fully saturated rings. The molecule has 112 valence electrons. The predicted molar refractivity (Wildman–Crippen MR) is 87.8 cm³/mol. The van der Waals surface area contributed by atoms with E-state index in [1.165, 1.54) is 11.3 Å². The van der Waals surface area contributed by atoms with Crippen LogP contribution in [0.3, 0.4) is 0 Å². The zero-order valence-electron chi connectivity index (χ0n) is 12.8. The topological polar surface area (TPSA) is 18.5 Å². The molecule has 0 aromatic heterocycles. The molecular formula is C16H26ClN3. The molecule has 3 nitrogen and oxygen atoms in total. The van der Waals surface area contributed by atoms with Gasteiger partial charge in [0.1, 0.15) is 0 Å². The SMILES string of the molecule is CCN1CCN(c2cc(Cl)ccc2CNC(C)C)CC1. The highest BCUT2D eigenvalue weighted by Crippen LogP contribution is 2.26. The number of halogens is 1. The highest BCUT2D eigenvalue weighted by Gasteiger charge is 2.18. The molecule has 0 aliphatic carbocycles. The third-order valence-corrected chi connectivity index (χ3v) is 4.14. The van der Waals surface area contributed by atoms with Crippen molar-refractivity contribution in [2.75, 3.05) is 37.6 Å². The second-order valence-corrected chi connectivity index (χ2v) is 6.17. The summed E-state index contributed by atoms with van der Waals surface area (Å²) in [7, 11) is 0. The molecule has 2 rings (SSSR count). The van der Waals surface area contributed by atoms with Crippen LogP contribution in [0, 0.1) is 0 Å². The number of anilines is 1. The molecule has 1 aliphatic heterocycles. The van der Waals surface area contributed by atoms with E-state index >= 15 is 0 Å². The molecule has 0 spiro atoms. The second kappa shape index (κ2) is 7.30. The minimum atomic E-state index is 0.496. The van der Waals surface area contributed by atoms with Gasteiger partial charge in [0.2, 0.25) is 0 Å². The molecule has 4 heteroatoms. The van der Waals surface area contributed by atoms with Crippen molar-refractivity contribution in [3.8, 4) is 0 Å². The molecule has 1 heterocycles. The lowest BCUT2D eigenvalue weighted by Crippen LogP contribution is -2.46. The Hall–Kier alpha value is -0.770. The predicted octanol–water partition coefficient (Wildman–Crippen LogP) is 2.98. The minimum Gasteiger partial charge on any atom is -0.369 e. The van der Waals surface area contributed by atoms with Crippen molar-refractivity contribution in [2.45, 2.75) is 33.4 Å². The van der Waals surface area contributed by atoms with Gasteiger partial charge in [0.25, 0.3) is 0 Å². The fourth-order valence-electron chi connectivity index (χ4n) is 2.60. The summed E-state index contributed by atoms with van der Waals surface area (Å²) in [5.74, 6) is 0. The molecule has 0 saturated carbocycles. The Morgan fingerprint density at radius 1 is 1.20 bits per heavy atom. The summed E-state index contributed by atoms with van der Waals surface area (Å²) >= 11 is 6.20. The van der Waals surface area contributed by atoms with Crippen LogP contribution in [0.15, 0.2) is 18.2 Å². The normalized spacial score (nSPS) is 16.9. The van der Waals surface area contributed by atoms with E-state index in [4.69, 9.17) is 11.6 Å². The van der Waals surface area contributed by atoms with E-state index in [9.17, 15) is 0 Å². The lowest BCUT2D eigenvalue weighted by molar-refractivity contribution is 0.271. The van der Waals surface area contributed by atoms with Crippen molar-refractivity contribution in [2.24, 2.45) is 0 Å². The van der Waals surface area contributed by atoms with Crippen molar-refractivity contribution in [3.05, 3.63) is 28.8 Å². The van der Waals surface area contributed by atoms with Gasteiger partial charge in [0, 0.05) is 49.5 Å². The molecule has 0 amide bonds. The van der Waals surface area contributed by atoms with Crippen LogP contribution in [0.2, 0.25) is 5.02 Å². The summed E-state index contributed by atoms with van der Waals surface area (Å²) in [6.45, 7) is 13.1. The Labute approximate surface area is 127 Å². The summed E-state index contributed by atoms with van der Waals surface area (Å²) < 4.78 is 0. The summed E-state index contributed by atoms with van der Waals surface area (Å²) in [4.78, 5) is 4.96. The molecule has 20 heavy (non-hydrogen) atoms. The maximum Gasteiger partial charge on any atom is 0.0427 e. The average molecular weight is 296 g/mol. The number of piperazine rings is 1. The summed E-state index contributed by atoms with van der Waals surface area (Å²) in [6.07, 6.45) is 0. The van der Waals surface area contributed by atoms with Crippen molar-refractivity contribution in [1.82, 2.24) is 10.2 Å². The van der Waals surface area contributed by atoms with E-state index in [1.54, 1.807) is 0 Å². The van der Waals surface area contributed by atoms with E-state index in [1.807, 2.05) is 6.07 Å². The number of benzene rings is 1. The fraction of sp³-hybridized carbons (Fsp3) is 0.625. The Bertz CT molecular complexity index is 426. The van der Waals surface area contributed by atoms with Gasteiger partial charge in [-0.2, -0.15) is 0 Å². The number of likely N-dealkylation sites (N-methyl/N-ethyl adjacent to an activating group) is 1. The molecule has 1 N–H and O–H groups in total. The van der Waals surface area contributed by atoms with Crippen LogP contribution in [-0.4, -0.2) is 43.7 Å². The van der Waals surface area contributed by atoms with Crippen LogP contribution in [0.25, 0.3) is 0 Å². The van der Waals surface area contributed by atoms with Crippen molar-refractivity contribution in [1.29, 1.82) is 0 Å². The van der Waals surface area contributed by atoms with Gasteiger partial charge in [-0.3, -0.25) is 0 Å². The lowest BCUT2D eigenvalue weighted by Gasteiger charge is -2.36. The molecule has 1 aromatic rings. The van der Waals surface area contributed by atoms with Crippen molar-refractivity contribution < 1.29 is 0 Å². The number of hydrogen-bond donors (Lipinski definition) is 1. The van der Waals surface area contributed by atoms with E-state index in [0.717, 1.165) is 44.3 Å². The first-order chi connectivity index (χ1) is 9.60. The number of nitrogens with zero attached hydrogens (tertiary/aromatic N) is 2. The van der Waals surface area contributed by atoms with Crippen LogP contribution < -0.4 is 10.2 Å². The quantitative estimate of drug-likeness (QED) is 0.901. The Morgan fingerprint density at radius 3 is 2.50 bits per heavy atom. The summed E-state index contributed by atoms with van der Waals surface area (Å²) in [5.41, 5.74) is 2.63. The standard InChI is InChI=1S/C16H26ClN3/c1-4-19-7-9-20(10-8-19)16-11-15(17)6-5-14(16)12-18-13(2)3/h5-6,11,13,18H,4,7-10,12H2,1-3H3. The van der Waals surface area contributed by atoms with Gasteiger partial charge in [0.05, 0.1) is 0 Å². The molecule has 1 aliphatic rings. The van der Waals surface area contributed by atoms with Gasteiger partial charge in [-0.15, -0.1) is 0 Å². The molecule has 1 aromatic carbocycles. The van der Waals surface area contributed by atoms with Gasteiger partial charge in [-0.05, 0) is 24.2 Å². The third-order valence-electron chi connectivity index (χ3n) is 3.91. The number of nitrogens with one attached hydrogen (secondary N) is 1. The van der Waals surface area contributed by atoms with Crippen molar-refractivity contribution in [3.63, 3.8) is 0 Å². The van der Waals surface area contributed by atoms with Crippen LogP contribution in [-0.2, 0) is 6.54 Å². The number of hydrogen-bond acceptors (Lipinski definition) is 3. The Kier molecular flexibility index (Phi) is 5.70. The first-order valence-electron chi connectivity index (χ1n) is 7.59. The van der Waals surface area contributed by atoms with E-state index < -0.39 is 0 Å². The zero-order valence-corrected chi connectivity index (χ0v) is 13.6. The first-order valence-corrected chi connectivity index (χ1v) is 7.97. The maximum atomic E-state index is 6.20. The fourth-order valence-corrected chi connectivity index (χ4v) is 2.77. The van der Waals surface area contributed by atoms with Crippen molar-refractivity contribution >= 4 is 17.3 Å². The average Bonchev–Trinajstić information content (AvgIpc) is 2.46. The Balaban J connectivity index is 2.10. The van der Waals surface area contributed by atoms with Gasteiger partial charge in [-0.25, -0.2) is 0 Å².